The second-order valence-electron chi connectivity index (χ2n) is 5.56. The SMILES string of the molecule is Cc1cc2c(ccc(=O)n2CCN(C)C)c(C)c1C(=O)O. The van der Waals surface area contributed by atoms with E-state index < -0.39 is 5.97 Å². The zero-order chi connectivity index (χ0) is 15.7. The molecule has 0 bridgehead atoms. The van der Waals surface area contributed by atoms with Gasteiger partial charge in [0, 0.05) is 24.5 Å². The third-order valence-electron chi connectivity index (χ3n) is 3.74. The van der Waals surface area contributed by atoms with Crippen molar-refractivity contribution >= 4 is 16.9 Å². The summed E-state index contributed by atoms with van der Waals surface area (Å²) in [5.41, 5.74) is 2.43. The Morgan fingerprint density at radius 3 is 2.52 bits per heavy atom. The van der Waals surface area contributed by atoms with Crippen LogP contribution in [-0.4, -0.2) is 41.2 Å². The van der Waals surface area contributed by atoms with E-state index in [2.05, 4.69) is 0 Å². The molecule has 0 saturated carbocycles. The molecule has 0 unspecified atom stereocenters. The smallest absolute Gasteiger partial charge is 0.336 e. The fourth-order valence-electron chi connectivity index (χ4n) is 2.63. The van der Waals surface area contributed by atoms with Crippen LogP contribution in [0.4, 0.5) is 0 Å². The van der Waals surface area contributed by atoms with Crippen molar-refractivity contribution < 1.29 is 9.90 Å². The van der Waals surface area contributed by atoms with Gasteiger partial charge < -0.3 is 14.6 Å². The van der Waals surface area contributed by atoms with E-state index in [0.717, 1.165) is 17.4 Å². The maximum atomic E-state index is 12.1. The van der Waals surface area contributed by atoms with Gasteiger partial charge >= 0.3 is 5.97 Å². The Morgan fingerprint density at radius 2 is 1.95 bits per heavy atom. The summed E-state index contributed by atoms with van der Waals surface area (Å²) in [7, 11) is 3.91. The first-order valence-electron chi connectivity index (χ1n) is 6.84. The van der Waals surface area contributed by atoms with Crippen LogP contribution in [0.2, 0.25) is 0 Å². The summed E-state index contributed by atoms with van der Waals surface area (Å²) in [6.07, 6.45) is 0. The largest absolute Gasteiger partial charge is 0.478 e. The fourth-order valence-corrected chi connectivity index (χ4v) is 2.63. The van der Waals surface area contributed by atoms with Gasteiger partial charge in [0.25, 0.3) is 5.56 Å². The summed E-state index contributed by atoms with van der Waals surface area (Å²) >= 11 is 0. The van der Waals surface area contributed by atoms with Crippen LogP contribution in [0.1, 0.15) is 21.5 Å². The summed E-state index contributed by atoms with van der Waals surface area (Å²) in [6, 6.07) is 5.01. The molecule has 0 aliphatic rings. The molecule has 0 atom stereocenters. The number of aryl methyl sites for hydroxylation is 2. The Morgan fingerprint density at radius 1 is 1.29 bits per heavy atom. The van der Waals surface area contributed by atoms with Crippen molar-refractivity contribution in [3.8, 4) is 0 Å². The van der Waals surface area contributed by atoms with E-state index in [1.54, 1.807) is 30.5 Å². The molecule has 0 amide bonds. The van der Waals surface area contributed by atoms with Gasteiger partial charge in [-0.3, -0.25) is 4.79 Å². The molecule has 0 fully saturated rings. The minimum Gasteiger partial charge on any atom is -0.478 e. The standard InChI is InChI=1S/C16H20N2O3/c1-10-9-13-12(11(2)15(10)16(20)21)5-6-14(19)18(13)8-7-17(3)4/h5-6,9H,7-8H2,1-4H3,(H,20,21). The second kappa shape index (κ2) is 5.69. The molecule has 5 nitrogen and oxygen atoms in total. The Kier molecular flexibility index (Phi) is 4.14. The first kappa shape index (κ1) is 15.3. The summed E-state index contributed by atoms with van der Waals surface area (Å²) in [4.78, 5) is 25.5. The first-order valence-corrected chi connectivity index (χ1v) is 6.84. The van der Waals surface area contributed by atoms with Crippen molar-refractivity contribution in [1.82, 2.24) is 9.47 Å². The number of aromatic nitrogens is 1. The molecule has 0 spiro atoms. The van der Waals surface area contributed by atoms with E-state index >= 15 is 0 Å². The molecule has 1 aromatic heterocycles. The average Bonchev–Trinajstić information content (AvgIpc) is 2.36. The highest BCUT2D eigenvalue weighted by molar-refractivity contribution is 5.98. The number of carboxylic acids is 1. The molecule has 5 heteroatoms. The molecule has 0 radical (unpaired) electrons. The van der Waals surface area contributed by atoms with Crippen LogP contribution in [0.15, 0.2) is 23.0 Å². The van der Waals surface area contributed by atoms with Gasteiger partial charge in [0.1, 0.15) is 0 Å². The quantitative estimate of drug-likeness (QED) is 0.933. The Balaban J connectivity index is 2.73. The van der Waals surface area contributed by atoms with Crippen LogP contribution < -0.4 is 5.56 Å². The van der Waals surface area contributed by atoms with Crippen molar-refractivity contribution in [3.63, 3.8) is 0 Å². The molecule has 1 N–H and O–H groups in total. The highest BCUT2D eigenvalue weighted by atomic mass is 16.4. The van der Waals surface area contributed by atoms with E-state index in [-0.39, 0.29) is 5.56 Å². The molecule has 0 aliphatic heterocycles. The van der Waals surface area contributed by atoms with Crippen LogP contribution in [0.3, 0.4) is 0 Å². The number of hydrogen-bond donors (Lipinski definition) is 1. The van der Waals surface area contributed by atoms with E-state index in [1.165, 1.54) is 6.07 Å². The number of pyridine rings is 1. The van der Waals surface area contributed by atoms with E-state index in [1.807, 2.05) is 19.0 Å². The minimum absolute atomic E-state index is 0.0637. The van der Waals surface area contributed by atoms with Gasteiger partial charge in [0.2, 0.25) is 0 Å². The summed E-state index contributed by atoms with van der Waals surface area (Å²) in [5, 5.41) is 10.1. The predicted octanol–water partition coefficient (Wildman–Crippen LogP) is 1.88. The third kappa shape index (κ3) is 2.83. The van der Waals surface area contributed by atoms with Crippen LogP contribution in [-0.2, 0) is 6.54 Å². The second-order valence-corrected chi connectivity index (χ2v) is 5.56. The zero-order valence-corrected chi connectivity index (χ0v) is 12.8. The Labute approximate surface area is 123 Å². The van der Waals surface area contributed by atoms with E-state index in [9.17, 15) is 14.7 Å². The van der Waals surface area contributed by atoms with Gasteiger partial charge in [-0.15, -0.1) is 0 Å². The van der Waals surface area contributed by atoms with Crippen molar-refractivity contribution in [2.24, 2.45) is 0 Å². The van der Waals surface area contributed by atoms with Crippen LogP contribution >= 0.6 is 0 Å². The molecular weight excluding hydrogens is 268 g/mol. The number of aromatic carboxylic acids is 1. The number of likely N-dealkylation sites (N-methyl/N-ethyl adjacent to an activating group) is 1. The van der Waals surface area contributed by atoms with Crippen molar-refractivity contribution in [3.05, 3.63) is 45.2 Å². The van der Waals surface area contributed by atoms with Gasteiger partial charge in [0.15, 0.2) is 0 Å². The zero-order valence-electron chi connectivity index (χ0n) is 12.8. The molecular formula is C16H20N2O3. The molecule has 112 valence electrons. The molecule has 2 aromatic rings. The van der Waals surface area contributed by atoms with Gasteiger partial charge in [-0.05, 0) is 51.2 Å². The monoisotopic (exact) mass is 288 g/mol. The number of rotatable bonds is 4. The number of benzene rings is 1. The van der Waals surface area contributed by atoms with Crippen LogP contribution in [0, 0.1) is 13.8 Å². The molecule has 21 heavy (non-hydrogen) atoms. The van der Waals surface area contributed by atoms with E-state index in [4.69, 9.17) is 0 Å². The molecule has 0 aliphatic carbocycles. The molecule has 2 rings (SSSR count). The first-order chi connectivity index (χ1) is 9.82. The third-order valence-corrected chi connectivity index (χ3v) is 3.74. The van der Waals surface area contributed by atoms with E-state index in [0.29, 0.717) is 23.2 Å². The van der Waals surface area contributed by atoms with Gasteiger partial charge in [0.05, 0.1) is 11.1 Å². The number of hydrogen-bond acceptors (Lipinski definition) is 3. The Bertz CT molecular complexity index is 760. The maximum absolute atomic E-state index is 12.1. The van der Waals surface area contributed by atoms with Gasteiger partial charge in [-0.1, -0.05) is 0 Å². The van der Waals surface area contributed by atoms with Crippen LogP contribution in [0.5, 0.6) is 0 Å². The number of fused-ring (bicyclic) bond motifs is 1. The summed E-state index contributed by atoms with van der Waals surface area (Å²) in [5.74, 6) is -0.932. The minimum atomic E-state index is -0.932. The topological polar surface area (TPSA) is 62.5 Å². The highest BCUT2D eigenvalue weighted by Gasteiger charge is 2.16. The normalized spacial score (nSPS) is 11.3. The lowest BCUT2D eigenvalue weighted by Crippen LogP contribution is -2.26. The van der Waals surface area contributed by atoms with Gasteiger partial charge in [-0.2, -0.15) is 0 Å². The van der Waals surface area contributed by atoms with Crippen LogP contribution in [0.25, 0.3) is 10.9 Å². The maximum Gasteiger partial charge on any atom is 0.336 e. The predicted molar refractivity (Wildman–Crippen MR) is 83.2 cm³/mol. The number of carboxylic acid groups (broad SMARTS) is 1. The molecule has 1 heterocycles. The van der Waals surface area contributed by atoms with Crippen molar-refractivity contribution in [1.29, 1.82) is 0 Å². The summed E-state index contributed by atoms with van der Waals surface area (Å²) < 4.78 is 1.71. The Hall–Kier alpha value is -2.14. The number of carbonyl (C=O) groups is 1. The van der Waals surface area contributed by atoms with Crippen molar-refractivity contribution in [2.75, 3.05) is 20.6 Å². The molecule has 0 saturated heterocycles. The van der Waals surface area contributed by atoms with Crippen molar-refractivity contribution in [2.45, 2.75) is 20.4 Å². The molecule has 1 aromatic carbocycles. The lowest BCUT2D eigenvalue weighted by molar-refractivity contribution is 0.0695. The fraction of sp³-hybridized carbons (Fsp3) is 0.375. The number of nitrogens with zero attached hydrogens (tertiary/aromatic N) is 2. The summed E-state index contributed by atoms with van der Waals surface area (Å²) in [6.45, 7) is 4.88. The highest BCUT2D eigenvalue weighted by Crippen LogP contribution is 2.24. The van der Waals surface area contributed by atoms with Gasteiger partial charge in [-0.25, -0.2) is 4.79 Å². The average molecular weight is 288 g/mol. The lowest BCUT2D eigenvalue weighted by atomic mass is 9.98. The lowest BCUT2D eigenvalue weighted by Gasteiger charge is -2.16.